The molecule has 1 saturated heterocycles. The largest absolute Gasteiger partial charge is 0.377 e. The van der Waals surface area contributed by atoms with Gasteiger partial charge in [0.15, 0.2) is 11.5 Å². The first kappa shape index (κ1) is 16.0. The Balaban J connectivity index is 1.72. The summed E-state index contributed by atoms with van der Waals surface area (Å²) in [5, 5.41) is 13.4. The number of hydrogen-bond acceptors (Lipinski definition) is 5. The molecule has 1 fully saturated rings. The zero-order valence-corrected chi connectivity index (χ0v) is 14.7. The lowest BCUT2D eigenvalue weighted by atomic mass is 10.0. The summed E-state index contributed by atoms with van der Waals surface area (Å²) in [6, 6.07) is 14.4. The van der Waals surface area contributed by atoms with Gasteiger partial charge in [0, 0.05) is 12.1 Å². The lowest BCUT2D eigenvalue weighted by molar-refractivity contribution is 0.0872. The molecule has 25 heavy (non-hydrogen) atoms. The Bertz CT molecular complexity index is 845. The third-order valence-electron chi connectivity index (χ3n) is 4.55. The van der Waals surface area contributed by atoms with Crippen LogP contribution in [0.25, 0.3) is 17.0 Å². The summed E-state index contributed by atoms with van der Waals surface area (Å²) in [6.45, 7) is 6.85. The lowest BCUT2D eigenvalue weighted by Crippen LogP contribution is -2.46. The van der Waals surface area contributed by atoms with Crippen molar-refractivity contribution in [2.75, 3.05) is 24.7 Å². The number of rotatable bonds is 4. The van der Waals surface area contributed by atoms with Crippen LogP contribution in [-0.4, -0.2) is 45.6 Å². The first-order valence-corrected chi connectivity index (χ1v) is 8.84. The van der Waals surface area contributed by atoms with Gasteiger partial charge in [0.25, 0.3) is 0 Å². The normalized spacial score (nSPS) is 18.2. The molecule has 1 atom stereocenters. The number of hydrogen-bond donors (Lipinski definition) is 0. The van der Waals surface area contributed by atoms with Gasteiger partial charge in [-0.15, -0.1) is 15.3 Å². The van der Waals surface area contributed by atoms with Gasteiger partial charge in [-0.3, -0.25) is 0 Å². The van der Waals surface area contributed by atoms with Crippen molar-refractivity contribution in [1.82, 2.24) is 19.8 Å². The van der Waals surface area contributed by atoms with Crippen molar-refractivity contribution < 1.29 is 4.74 Å². The van der Waals surface area contributed by atoms with Crippen LogP contribution in [0.5, 0.6) is 0 Å². The monoisotopic (exact) mass is 337 g/mol. The van der Waals surface area contributed by atoms with E-state index in [2.05, 4.69) is 28.9 Å². The second-order valence-corrected chi connectivity index (χ2v) is 6.90. The summed E-state index contributed by atoms with van der Waals surface area (Å²) < 4.78 is 7.54. The van der Waals surface area contributed by atoms with Crippen LogP contribution >= 0.6 is 0 Å². The van der Waals surface area contributed by atoms with E-state index in [1.807, 2.05) is 47.0 Å². The smallest absolute Gasteiger partial charge is 0.185 e. The molecule has 0 bridgehead atoms. The van der Waals surface area contributed by atoms with E-state index in [1.165, 1.54) is 0 Å². The predicted molar refractivity (Wildman–Crippen MR) is 97.6 cm³/mol. The Morgan fingerprint density at radius 1 is 1.12 bits per heavy atom. The molecule has 0 saturated carbocycles. The zero-order chi connectivity index (χ0) is 17.2. The fourth-order valence-electron chi connectivity index (χ4n) is 3.40. The Morgan fingerprint density at radius 3 is 2.76 bits per heavy atom. The average Bonchev–Trinajstić information content (AvgIpc) is 3.05. The number of ether oxygens (including phenoxy) is 1. The van der Waals surface area contributed by atoms with Gasteiger partial charge in [-0.25, -0.2) is 0 Å². The van der Waals surface area contributed by atoms with Crippen LogP contribution in [0.1, 0.15) is 20.3 Å². The van der Waals surface area contributed by atoms with Crippen LogP contribution in [-0.2, 0) is 4.74 Å². The maximum absolute atomic E-state index is 5.70. The maximum Gasteiger partial charge on any atom is 0.185 e. The minimum Gasteiger partial charge on any atom is -0.377 e. The van der Waals surface area contributed by atoms with Crippen molar-refractivity contribution in [3.8, 4) is 11.4 Å². The van der Waals surface area contributed by atoms with E-state index in [0.29, 0.717) is 12.0 Å². The quantitative estimate of drug-likeness (QED) is 0.732. The van der Waals surface area contributed by atoms with E-state index >= 15 is 0 Å². The minimum atomic E-state index is 0.357. The van der Waals surface area contributed by atoms with Gasteiger partial charge < -0.3 is 9.64 Å². The summed E-state index contributed by atoms with van der Waals surface area (Å²) in [7, 11) is 0. The van der Waals surface area contributed by atoms with Gasteiger partial charge in [0.1, 0.15) is 5.82 Å². The van der Waals surface area contributed by atoms with E-state index in [4.69, 9.17) is 9.84 Å². The van der Waals surface area contributed by atoms with Crippen LogP contribution in [0.15, 0.2) is 42.5 Å². The number of nitrogens with zero attached hydrogens (tertiary/aromatic N) is 5. The standard InChI is InChI=1S/C19H23N5O/c1-14(2)12-16-13-25-11-10-23(16)18-9-8-17-20-21-19(24(17)22-18)15-6-4-3-5-7-15/h3-9,14,16H,10-13H2,1-2H3. The number of aromatic nitrogens is 4. The molecule has 1 aliphatic heterocycles. The Morgan fingerprint density at radius 2 is 1.96 bits per heavy atom. The number of anilines is 1. The van der Waals surface area contributed by atoms with Crippen LogP contribution in [0.4, 0.5) is 5.82 Å². The highest BCUT2D eigenvalue weighted by molar-refractivity contribution is 5.59. The molecular formula is C19H23N5O. The van der Waals surface area contributed by atoms with E-state index in [1.54, 1.807) is 0 Å². The molecule has 3 heterocycles. The SMILES string of the molecule is CC(C)CC1COCCN1c1ccc2nnc(-c3ccccc3)n2n1. The van der Waals surface area contributed by atoms with Crippen molar-refractivity contribution in [1.29, 1.82) is 0 Å². The number of benzene rings is 1. The average molecular weight is 337 g/mol. The van der Waals surface area contributed by atoms with E-state index in [0.717, 1.165) is 49.0 Å². The highest BCUT2D eigenvalue weighted by atomic mass is 16.5. The molecule has 4 rings (SSSR count). The molecule has 0 radical (unpaired) electrons. The Hall–Kier alpha value is -2.47. The highest BCUT2D eigenvalue weighted by Crippen LogP contribution is 2.24. The summed E-state index contributed by atoms with van der Waals surface area (Å²) in [5.74, 6) is 2.34. The number of morpholine rings is 1. The summed E-state index contributed by atoms with van der Waals surface area (Å²) >= 11 is 0. The molecule has 1 aliphatic rings. The molecular weight excluding hydrogens is 314 g/mol. The van der Waals surface area contributed by atoms with Crippen LogP contribution in [0.3, 0.4) is 0 Å². The van der Waals surface area contributed by atoms with Gasteiger partial charge in [0.2, 0.25) is 0 Å². The van der Waals surface area contributed by atoms with Crippen LogP contribution in [0.2, 0.25) is 0 Å². The van der Waals surface area contributed by atoms with E-state index in [9.17, 15) is 0 Å². The molecule has 6 heteroatoms. The topological polar surface area (TPSA) is 55.5 Å². The first-order chi connectivity index (χ1) is 12.2. The number of fused-ring (bicyclic) bond motifs is 1. The minimum absolute atomic E-state index is 0.357. The van der Waals surface area contributed by atoms with Gasteiger partial charge >= 0.3 is 0 Å². The van der Waals surface area contributed by atoms with E-state index < -0.39 is 0 Å². The third-order valence-corrected chi connectivity index (χ3v) is 4.55. The lowest BCUT2D eigenvalue weighted by Gasteiger charge is -2.37. The maximum atomic E-state index is 5.70. The molecule has 2 aromatic heterocycles. The zero-order valence-electron chi connectivity index (χ0n) is 14.7. The fraction of sp³-hybridized carbons (Fsp3) is 0.421. The Labute approximate surface area is 147 Å². The van der Waals surface area contributed by atoms with Crippen LogP contribution in [0, 0.1) is 5.92 Å². The van der Waals surface area contributed by atoms with Crippen molar-refractivity contribution in [2.45, 2.75) is 26.3 Å². The summed E-state index contributed by atoms with van der Waals surface area (Å²) in [4.78, 5) is 2.36. The Kier molecular flexibility index (Phi) is 4.36. The molecule has 3 aromatic rings. The van der Waals surface area contributed by atoms with Gasteiger partial charge in [0.05, 0.1) is 19.3 Å². The van der Waals surface area contributed by atoms with Crippen molar-refractivity contribution in [2.24, 2.45) is 5.92 Å². The van der Waals surface area contributed by atoms with E-state index in [-0.39, 0.29) is 0 Å². The molecule has 0 amide bonds. The highest BCUT2D eigenvalue weighted by Gasteiger charge is 2.25. The van der Waals surface area contributed by atoms with Gasteiger partial charge in [-0.2, -0.15) is 4.52 Å². The van der Waals surface area contributed by atoms with Crippen molar-refractivity contribution in [3.05, 3.63) is 42.5 Å². The molecule has 0 N–H and O–H groups in total. The van der Waals surface area contributed by atoms with Gasteiger partial charge in [-0.05, 0) is 24.5 Å². The third kappa shape index (κ3) is 3.22. The predicted octanol–water partition coefficient (Wildman–Crippen LogP) is 3.04. The second kappa shape index (κ2) is 6.80. The molecule has 1 unspecified atom stereocenters. The molecule has 6 nitrogen and oxygen atoms in total. The fourth-order valence-corrected chi connectivity index (χ4v) is 3.40. The first-order valence-electron chi connectivity index (χ1n) is 8.84. The van der Waals surface area contributed by atoms with Crippen molar-refractivity contribution >= 4 is 11.5 Å². The van der Waals surface area contributed by atoms with Gasteiger partial charge in [-0.1, -0.05) is 44.2 Å². The molecule has 1 aromatic carbocycles. The molecule has 130 valence electrons. The van der Waals surface area contributed by atoms with Crippen molar-refractivity contribution in [3.63, 3.8) is 0 Å². The molecule has 0 aliphatic carbocycles. The second-order valence-electron chi connectivity index (χ2n) is 6.90. The summed E-state index contributed by atoms with van der Waals surface area (Å²) in [6.07, 6.45) is 1.09. The van der Waals surface area contributed by atoms with Crippen LogP contribution < -0.4 is 4.90 Å². The molecule has 0 spiro atoms. The summed E-state index contributed by atoms with van der Waals surface area (Å²) in [5.41, 5.74) is 1.77.